The van der Waals surface area contributed by atoms with Gasteiger partial charge in [0.05, 0.1) is 10.7 Å². The number of pyridine rings is 1. The monoisotopic (exact) mass is 557 g/mol. The number of alkyl halides is 3. The highest BCUT2D eigenvalue weighted by molar-refractivity contribution is 6.33. The van der Waals surface area contributed by atoms with Crippen LogP contribution in [0.4, 0.5) is 24.5 Å². The van der Waals surface area contributed by atoms with Crippen LogP contribution < -0.4 is 19.9 Å². The quantitative estimate of drug-likeness (QED) is 0.316. The van der Waals surface area contributed by atoms with Gasteiger partial charge in [0.15, 0.2) is 5.65 Å². The van der Waals surface area contributed by atoms with Gasteiger partial charge in [-0.3, -0.25) is 9.20 Å². The Hall–Kier alpha value is -3.92. The normalized spacial score (nSPS) is 14.1. The highest BCUT2D eigenvalue weighted by Gasteiger charge is 2.31. The van der Waals surface area contributed by atoms with E-state index >= 15 is 0 Å². The number of ether oxygens (including phenoxy) is 1. The SMILES string of the molecule is CCc1nc2c(Cl)cccn2c1C(=O)NCc1ccc(N2CCN(c3ccc(OC(F)(F)F)cc3)CC2)cc1. The Bertz CT molecular complexity index is 1450. The second-order valence-electron chi connectivity index (χ2n) is 9.18. The van der Waals surface area contributed by atoms with E-state index in [0.29, 0.717) is 35.0 Å². The number of nitrogens with one attached hydrogen (secondary N) is 1. The Morgan fingerprint density at radius 3 is 2.13 bits per heavy atom. The van der Waals surface area contributed by atoms with Gasteiger partial charge in [0.2, 0.25) is 0 Å². The Labute approximate surface area is 228 Å². The van der Waals surface area contributed by atoms with Crippen LogP contribution in [0.2, 0.25) is 5.02 Å². The number of anilines is 2. The lowest BCUT2D eigenvalue weighted by Crippen LogP contribution is -2.46. The Balaban J connectivity index is 1.16. The molecule has 0 unspecified atom stereocenters. The smallest absolute Gasteiger partial charge is 0.406 e. The van der Waals surface area contributed by atoms with Crippen LogP contribution in [0.25, 0.3) is 5.65 Å². The number of fused-ring (bicyclic) bond motifs is 1. The van der Waals surface area contributed by atoms with E-state index in [1.807, 2.05) is 31.2 Å². The van der Waals surface area contributed by atoms with Crippen molar-refractivity contribution in [2.75, 3.05) is 36.0 Å². The number of aryl methyl sites for hydroxylation is 1. The fourth-order valence-corrected chi connectivity index (χ4v) is 4.95. The van der Waals surface area contributed by atoms with Crippen molar-refractivity contribution in [1.82, 2.24) is 14.7 Å². The molecule has 1 aliphatic rings. The number of carbonyl (C=O) groups excluding carboxylic acids is 1. The van der Waals surface area contributed by atoms with Crippen LogP contribution in [0.5, 0.6) is 5.75 Å². The van der Waals surface area contributed by atoms with Crippen LogP contribution in [0.3, 0.4) is 0 Å². The maximum absolute atomic E-state index is 13.0. The molecule has 0 bridgehead atoms. The second-order valence-corrected chi connectivity index (χ2v) is 9.58. The zero-order valence-electron chi connectivity index (χ0n) is 21.2. The van der Waals surface area contributed by atoms with Gasteiger partial charge >= 0.3 is 6.36 Å². The Morgan fingerprint density at radius 2 is 1.56 bits per heavy atom. The molecule has 39 heavy (non-hydrogen) atoms. The number of carbonyl (C=O) groups is 1. The van der Waals surface area contributed by atoms with Crippen molar-refractivity contribution in [2.45, 2.75) is 26.3 Å². The van der Waals surface area contributed by atoms with Crippen molar-refractivity contribution in [3.63, 3.8) is 0 Å². The molecule has 2 aromatic heterocycles. The van der Waals surface area contributed by atoms with E-state index in [1.165, 1.54) is 12.1 Å². The summed E-state index contributed by atoms with van der Waals surface area (Å²) in [6.45, 7) is 5.34. The summed E-state index contributed by atoms with van der Waals surface area (Å²) in [5.74, 6) is -0.435. The third-order valence-corrected chi connectivity index (χ3v) is 6.99. The van der Waals surface area contributed by atoms with Crippen LogP contribution in [-0.2, 0) is 13.0 Å². The molecule has 1 amide bonds. The van der Waals surface area contributed by atoms with E-state index in [0.717, 1.165) is 43.1 Å². The van der Waals surface area contributed by atoms with Gasteiger partial charge in [0, 0.05) is 50.3 Å². The highest BCUT2D eigenvalue weighted by Crippen LogP contribution is 2.27. The molecule has 1 N–H and O–H groups in total. The first-order chi connectivity index (χ1) is 18.7. The van der Waals surface area contributed by atoms with Crippen LogP contribution in [0.15, 0.2) is 66.9 Å². The zero-order chi connectivity index (χ0) is 27.6. The molecule has 11 heteroatoms. The molecule has 0 radical (unpaired) electrons. The molecule has 5 rings (SSSR count). The summed E-state index contributed by atoms with van der Waals surface area (Å²) < 4.78 is 42.8. The van der Waals surface area contributed by atoms with Crippen molar-refractivity contribution in [2.24, 2.45) is 0 Å². The van der Waals surface area contributed by atoms with Crippen molar-refractivity contribution in [3.8, 4) is 5.75 Å². The summed E-state index contributed by atoms with van der Waals surface area (Å²) in [5, 5.41) is 3.49. The first-order valence-corrected chi connectivity index (χ1v) is 13.0. The number of imidazole rings is 1. The zero-order valence-corrected chi connectivity index (χ0v) is 22.0. The number of piperazine rings is 1. The molecule has 0 saturated carbocycles. The van der Waals surface area contributed by atoms with Crippen LogP contribution in [-0.4, -0.2) is 47.8 Å². The number of nitrogens with zero attached hydrogens (tertiary/aromatic N) is 4. The predicted octanol–water partition coefficient (Wildman–Crippen LogP) is 5.71. The molecule has 3 heterocycles. The minimum atomic E-state index is -4.70. The van der Waals surface area contributed by atoms with Crippen molar-refractivity contribution < 1.29 is 22.7 Å². The summed E-state index contributed by atoms with van der Waals surface area (Å²) >= 11 is 6.26. The summed E-state index contributed by atoms with van der Waals surface area (Å²) in [5.41, 5.74) is 4.65. The van der Waals surface area contributed by atoms with Gasteiger partial charge in [-0.1, -0.05) is 30.7 Å². The van der Waals surface area contributed by atoms with E-state index in [2.05, 4.69) is 24.8 Å². The van der Waals surface area contributed by atoms with Gasteiger partial charge in [-0.25, -0.2) is 4.98 Å². The van der Waals surface area contributed by atoms with Crippen LogP contribution in [0.1, 0.15) is 28.7 Å². The largest absolute Gasteiger partial charge is 0.573 e. The molecule has 204 valence electrons. The summed E-state index contributed by atoms with van der Waals surface area (Å²) in [6, 6.07) is 17.5. The second kappa shape index (κ2) is 11.1. The standard InChI is InChI=1S/C28H27ClF3N5O2/c1-2-24-25(37-13-3-4-23(29)26(37)34-24)27(38)33-18-19-5-7-20(8-6-19)35-14-16-36(17-15-35)21-9-11-22(12-10-21)39-28(30,31)32/h3-13H,2,14-18H2,1H3,(H,33,38). The van der Waals surface area contributed by atoms with Crippen molar-refractivity contribution in [3.05, 3.63) is 88.8 Å². The molecule has 1 aliphatic heterocycles. The third-order valence-electron chi connectivity index (χ3n) is 6.69. The van der Waals surface area contributed by atoms with E-state index in [1.54, 1.807) is 34.9 Å². The van der Waals surface area contributed by atoms with E-state index < -0.39 is 6.36 Å². The lowest BCUT2D eigenvalue weighted by molar-refractivity contribution is -0.274. The molecule has 0 spiro atoms. The summed E-state index contributed by atoms with van der Waals surface area (Å²) in [6.07, 6.45) is -2.30. The first-order valence-electron chi connectivity index (χ1n) is 12.6. The minimum absolute atomic E-state index is 0.209. The summed E-state index contributed by atoms with van der Waals surface area (Å²) in [4.78, 5) is 22.0. The maximum atomic E-state index is 13.0. The third kappa shape index (κ3) is 6.06. The van der Waals surface area contributed by atoms with Gasteiger partial charge in [-0.15, -0.1) is 13.2 Å². The Morgan fingerprint density at radius 1 is 0.974 bits per heavy atom. The van der Waals surface area contributed by atoms with Crippen LogP contribution >= 0.6 is 11.6 Å². The molecule has 7 nitrogen and oxygen atoms in total. The number of halogens is 4. The Kier molecular flexibility index (Phi) is 7.56. The van der Waals surface area contributed by atoms with Gasteiger partial charge in [-0.05, 0) is 60.5 Å². The number of rotatable bonds is 7. The fourth-order valence-electron chi connectivity index (χ4n) is 4.74. The molecule has 1 saturated heterocycles. The fraction of sp³-hybridized carbons (Fsp3) is 0.286. The number of hydrogen-bond acceptors (Lipinski definition) is 5. The number of aromatic nitrogens is 2. The number of hydrogen-bond donors (Lipinski definition) is 1. The van der Waals surface area contributed by atoms with Crippen molar-refractivity contribution in [1.29, 1.82) is 0 Å². The number of amides is 1. The van der Waals surface area contributed by atoms with Gasteiger partial charge in [0.25, 0.3) is 5.91 Å². The molecule has 0 aliphatic carbocycles. The molecule has 2 aromatic carbocycles. The van der Waals surface area contributed by atoms with Crippen molar-refractivity contribution >= 4 is 34.5 Å². The number of benzene rings is 2. The minimum Gasteiger partial charge on any atom is -0.406 e. The lowest BCUT2D eigenvalue weighted by atomic mass is 10.1. The van der Waals surface area contributed by atoms with E-state index in [-0.39, 0.29) is 11.7 Å². The molecule has 1 fully saturated rings. The predicted molar refractivity (Wildman–Crippen MR) is 145 cm³/mol. The molecular formula is C28H27ClF3N5O2. The van der Waals surface area contributed by atoms with Gasteiger partial charge in [0.1, 0.15) is 11.4 Å². The highest BCUT2D eigenvalue weighted by atomic mass is 35.5. The molecule has 4 aromatic rings. The van der Waals surface area contributed by atoms with Gasteiger partial charge in [-0.2, -0.15) is 0 Å². The lowest BCUT2D eigenvalue weighted by Gasteiger charge is -2.37. The maximum Gasteiger partial charge on any atom is 0.573 e. The average Bonchev–Trinajstić information content (AvgIpc) is 3.32. The first kappa shape index (κ1) is 26.7. The van der Waals surface area contributed by atoms with E-state index in [4.69, 9.17) is 11.6 Å². The van der Waals surface area contributed by atoms with Crippen LogP contribution in [0, 0.1) is 0 Å². The van der Waals surface area contributed by atoms with Gasteiger partial charge < -0.3 is 19.9 Å². The average molecular weight is 558 g/mol. The summed E-state index contributed by atoms with van der Waals surface area (Å²) in [7, 11) is 0. The topological polar surface area (TPSA) is 62.1 Å². The molecule has 0 atom stereocenters. The van der Waals surface area contributed by atoms with E-state index in [9.17, 15) is 18.0 Å². The molecular weight excluding hydrogens is 531 g/mol.